The van der Waals surface area contributed by atoms with E-state index in [2.05, 4.69) is 5.32 Å². The number of fused-ring (bicyclic) bond motifs is 1. The highest BCUT2D eigenvalue weighted by molar-refractivity contribution is 6.00. The molecule has 0 spiro atoms. The van der Waals surface area contributed by atoms with Gasteiger partial charge in [-0.3, -0.25) is 15.3 Å². The summed E-state index contributed by atoms with van der Waals surface area (Å²) in [6.45, 7) is 0. The molecule has 2 amide bonds. The molecule has 4 N–H and O–H groups in total. The molecule has 0 bridgehead atoms. The first-order chi connectivity index (χ1) is 16.0. The maximum Gasteiger partial charge on any atom is 0.412 e. The van der Waals surface area contributed by atoms with E-state index in [1.807, 2.05) is 36.4 Å². The van der Waals surface area contributed by atoms with Crippen molar-refractivity contribution in [3.63, 3.8) is 0 Å². The molecule has 9 heteroatoms. The Kier molecular flexibility index (Phi) is 7.85. The van der Waals surface area contributed by atoms with Crippen LogP contribution >= 0.6 is 0 Å². The van der Waals surface area contributed by atoms with Gasteiger partial charge in [0.2, 0.25) is 0 Å². The molecule has 0 aliphatic rings. The predicted octanol–water partition coefficient (Wildman–Crippen LogP) is 3.92. The highest BCUT2D eigenvalue weighted by Gasteiger charge is 2.27. The maximum atomic E-state index is 12.8. The average Bonchev–Trinajstić information content (AvgIpc) is 2.83. The normalized spacial score (nSPS) is 12.8. The zero-order valence-corrected chi connectivity index (χ0v) is 18.0. The average molecular weight is 452 g/mol. The molecule has 33 heavy (non-hydrogen) atoms. The second-order valence-electron chi connectivity index (χ2n) is 6.94. The van der Waals surface area contributed by atoms with Crippen molar-refractivity contribution in [3.8, 4) is 11.5 Å². The van der Waals surface area contributed by atoms with Crippen LogP contribution in [0.1, 0.15) is 11.7 Å². The van der Waals surface area contributed by atoms with Crippen LogP contribution < -0.4 is 15.5 Å². The van der Waals surface area contributed by atoms with Crippen molar-refractivity contribution >= 4 is 28.5 Å². The molecule has 0 aromatic heterocycles. The van der Waals surface area contributed by atoms with Crippen LogP contribution in [0.4, 0.5) is 10.5 Å². The van der Waals surface area contributed by atoms with Gasteiger partial charge < -0.3 is 19.3 Å². The summed E-state index contributed by atoms with van der Waals surface area (Å²) in [5.74, 6) is -0.708. The summed E-state index contributed by atoms with van der Waals surface area (Å²) in [6.07, 6.45) is -0.384. The van der Waals surface area contributed by atoms with Crippen LogP contribution in [0.2, 0.25) is 0 Å². The summed E-state index contributed by atoms with van der Waals surface area (Å²) in [5, 5.41) is 23.4. The number of carbonyl (C=O) groups is 2. The summed E-state index contributed by atoms with van der Waals surface area (Å²) >= 11 is 0. The number of phenolic OH excluding ortho intramolecular Hbond substituents is 1. The van der Waals surface area contributed by atoms with E-state index < -0.39 is 24.2 Å². The number of benzene rings is 3. The lowest BCUT2D eigenvalue weighted by Crippen LogP contribution is -2.27. The van der Waals surface area contributed by atoms with Gasteiger partial charge in [0.15, 0.2) is 17.6 Å². The fraction of sp³-hybridized carbons (Fsp3) is 0.167. The van der Waals surface area contributed by atoms with E-state index in [0.717, 1.165) is 16.8 Å². The van der Waals surface area contributed by atoms with Crippen LogP contribution in [0.25, 0.3) is 10.8 Å². The monoisotopic (exact) mass is 452 g/mol. The van der Waals surface area contributed by atoms with Gasteiger partial charge in [-0.1, -0.05) is 42.5 Å². The Balaban J connectivity index is 1.91. The van der Waals surface area contributed by atoms with Crippen LogP contribution in [-0.4, -0.2) is 42.6 Å². The molecule has 0 heterocycles. The Morgan fingerprint density at radius 3 is 2.48 bits per heavy atom. The fourth-order valence-corrected chi connectivity index (χ4v) is 3.32. The molecule has 0 fully saturated rings. The quantitative estimate of drug-likeness (QED) is 0.232. The molecule has 0 aliphatic heterocycles. The number of hydroxylamine groups is 1. The highest BCUT2D eigenvalue weighted by atomic mass is 16.6. The number of anilines is 1. The molecule has 0 saturated carbocycles. The topological polar surface area (TPSA) is 126 Å². The summed E-state index contributed by atoms with van der Waals surface area (Å²) in [5.41, 5.74) is 2.43. The fourth-order valence-electron chi connectivity index (χ4n) is 3.32. The molecular formula is C24H24N2O7. The van der Waals surface area contributed by atoms with Gasteiger partial charge in [0.25, 0.3) is 5.91 Å². The van der Waals surface area contributed by atoms with E-state index in [9.17, 15) is 14.7 Å². The number of hydrogen-bond donors (Lipinski definition) is 4. The number of nitrogens with one attached hydrogen (secondary N) is 2. The van der Waals surface area contributed by atoms with Crippen molar-refractivity contribution in [1.82, 2.24) is 5.48 Å². The standard InChI is InChI=1S/C24H24N2O7/c1-31-20-11-10-16(14-19(20)27)23(21(32-2)12-13-22(28)26-30)33-24(29)25-18-9-5-7-15-6-3-4-8-17(15)18/h3-14,21,23,27,30H,1-2H3,(H,25,29)(H,26,28)/b13-12+/t21-,23-/m1/s1. The number of aromatic hydroxyl groups is 1. The first-order valence-electron chi connectivity index (χ1n) is 9.94. The first-order valence-corrected chi connectivity index (χ1v) is 9.94. The van der Waals surface area contributed by atoms with E-state index in [4.69, 9.17) is 19.4 Å². The molecule has 0 unspecified atom stereocenters. The van der Waals surface area contributed by atoms with E-state index in [1.165, 1.54) is 37.9 Å². The Morgan fingerprint density at radius 2 is 1.79 bits per heavy atom. The summed E-state index contributed by atoms with van der Waals surface area (Å²) < 4.78 is 16.1. The largest absolute Gasteiger partial charge is 0.504 e. The van der Waals surface area contributed by atoms with Gasteiger partial charge in [0, 0.05) is 18.6 Å². The third kappa shape index (κ3) is 5.79. The molecule has 0 aliphatic carbocycles. The molecule has 9 nitrogen and oxygen atoms in total. The van der Waals surface area contributed by atoms with Crippen LogP contribution in [0.15, 0.2) is 72.8 Å². The van der Waals surface area contributed by atoms with Gasteiger partial charge in [-0.15, -0.1) is 0 Å². The predicted molar refractivity (Wildman–Crippen MR) is 121 cm³/mol. The minimum Gasteiger partial charge on any atom is -0.504 e. The number of hydrogen-bond acceptors (Lipinski definition) is 7. The van der Waals surface area contributed by atoms with Gasteiger partial charge in [-0.05, 0) is 35.2 Å². The second-order valence-corrected chi connectivity index (χ2v) is 6.94. The van der Waals surface area contributed by atoms with E-state index in [0.29, 0.717) is 11.3 Å². The third-order valence-corrected chi connectivity index (χ3v) is 4.91. The molecule has 2 atom stereocenters. The van der Waals surface area contributed by atoms with Crippen LogP contribution in [0, 0.1) is 0 Å². The van der Waals surface area contributed by atoms with Crippen molar-refractivity contribution in [1.29, 1.82) is 0 Å². The van der Waals surface area contributed by atoms with Crippen molar-refractivity contribution in [2.24, 2.45) is 0 Å². The number of ether oxygens (including phenoxy) is 3. The van der Waals surface area contributed by atoms with Crippen LogP contribution in [-0.2, 0) is 14.3 Å². The first kappa shape index (κ1) is 23.6. The summed E-state index contributed by atoms with van der Waals surface area (Å²) in [6, 6.07) is 17.5. The molecule has 3 rings (SSSR count). The molecule has 0 radical (unpaired) electrons. The van der Waals surface area contributed by atoms with Gasteiger partial charge in [0.05, 0.1) is 12.8 Å². The molecule has 3 aromatic rings. The van der Waals surface area contributed by atoms with E-state index >= 15 is 0 Å². The number of rotatable bonds is 8. The van der Waals surface area contributed by atoms with Crippen LogP contribution in [0.3, 0.4) is 0 Å². The van der Waals surface area contributed by atoms with Crippen molar-refractivity contribution in [3.05, 3.63) is 78.4 Å². The van der Waals surface area contributed by atoms with Crippen molar-refractivity contribution in [2.45, 2.75) is 12.2 Å². The zero-order chi connectivity index (χ0) is 23.8. The lowest BCUT2D eigenvalue weighted by atomic mass is 10.0. The zero-order valence-electron chi connectivity index (χ0n) is 18.0. The van der Waals surface area contributed by atoms with Crippen molar-refractivity contribution in [2.75, 3.05) is 19.5 Å². The van der Waals surface area contributed by atoms with Gasteiger partial charge in [0.1, 0.15) is 6.10 Å². The molecule has 172 valence electrons. The lowest BCUT2D eigenvalue weighted by Gasteiger charge is -2.25. The number of phenols is 1. The SMILES string of the molecule is COc1ccc([C@@H](OC(=O)Nc2cccc3ccccc23)[C@@H](/C=C/C(=O)NO)OC)cc1O. The Morgan fingerprint density at radius 1 is 1.03 bits per heavy atom. The number of amides is 2. The summed E-state index contributed by atoms with van der Waals surface area (Å²) in [7, 11) is 2.78. The number of methoxy groups -OCH3 is 2. The van der Waals surface area contributed by atoms with Crippen LogP contribution in [0.5, 0.6) is 11.5 Å². The van der Waals surface area contributed by atoms with Gasteiger partial charge >= 0.3 is 6.09 Å². The second kappa shape index (κ2) is 11.0. The van der Waals surface area contributed by atoms with E-state index in [1.54, 1.807) is 12.1 Å². The molecule has 3 aromatic carbocycles. The van der Waals surface area contributed by atoms with Crippen molar-refractivity contribution < 1.29 is 34.1 Å². The smallest absolute Gasteiger partial charge is 0.412 e. The van der Waals surface area contributed by atoms with Gasteiger partial charge in [-0.25, -0.2) is 10.3 Å². The lowest BCUT2D eigenvalue weighted by molar-refractivity contribution is -0.124. The van der Waals surface area contributed by atoms with Gasteiger partial charge in [-0.2, -0.15) is 0 Å². The Labute approximate surface area is 190 Å². The molecular weight excluding hydrogens is 428 g/mol. The minimum absolute atomic E-state index is 0.162. The maximum absolute atomic E-state index is 12.8. The Hall–Kier alpha value is -4.08. The minimum atomic E-state index is -1.05. The summed E-state index contributed by atoms with van der Waals surface area (Å²) in [4.78, 5) is 24.3. The van der Waals surface area contributed by atoms with E-state index in [-0.39, 0.29) is 11.5 Å². The Bertz CT molecular complexity index is 1160. The third-order valence-electron chi connectivity index (χ3n) is 4.91. The highest BCUT2D eigenvalue weighted by Crippen LogP contribution is 2.33. The number of carbonyl (C=O) groups excluding carboxylic acids is 2. The molecule has 0 saturated heterocycles.